The van der Waals surface area contributed by atoms with Crippen LogP contribution in [-0.4, -0.2) is 19.7 Å². The zero-order valence-electron chi connectivity index (χ0n) is 13.9. The quantitative estimate of drug-likeness (QED) is 0.765. The molecule has 0 unspecified atom stereocenters. The summed E-state index contributed by atoms with van der Waals surface area (Å²) in [6.45, 7) is 5.45. The van der Waals surface area contributed by atoms with Gasteiger partial charge in [0.25, 0.3) is 5.95 Å². The van der Waals surface area contributed by atoms with Crippen LogP contribution in [-0.2, 0) is 6.18 Å². The van der Waals surface area contributed by atoms with E-state index in [9.17, 15) is 13.2 Å². The maximum atomic E-state index is 13.1. The van der Waals surface area contributed by atoms with E-state index in [0.29, 0.717) is 11.6 Å². The number of rotatable bonds is 3. The number of nitrogens with one attached hydrogen (secondary N) is 1. The van der Waals surface area contributed by atoms with E-state index >= 15 is 0 Å². The van der Waals surface area contributed by atoms with E-state index in [0.717, 1.165) is 17.5 Å². The number of para-hydroxylation sites is 1. The Balaban J connectivity index is 2.02. The van der Waals surface area contributed by atoms with Crippen LogP contribution < -0.4 is 5.32 Å². The molecule has 0 aliphatic rings. The third-order valence-electron chi connectivity index (χ3n) is 3.54. The molecule has 25 heavy (non-hydrogen) atoms. The molecule has 0 saturated carbocycles. The molecule has 0 aliphatic heterocycles. The minimum atomic E-state index is -4.45. The van der Waals surface area contributed by atoms with Crippen molar-refractivity contribution in [1.82, 2.24) is 19.7 Å². The second kappa shape index (κ2) is 6.19. The summed E-state index contributed by atoms with van der Waals surface area (Å²) in [5.74, 6) is 0.573. The van der Waals surface area contributed by atoms with Crippen molar-refractivity contribution in [3.63, 3.8) is 0 Å². The first-order chi connectivity index (χ1) is 11.7. The van der Waals surface area contributed by atoms with Crippen molar-refractivity contribution in [1.29, 1.82) is 0 Å². The Bertz CT molecular complexity index is 915. The molecule has 0 amide bonds. The predicted octanol–water partition coefficient (Wildman–Crippen LogP) is 4.35. The minimum absolute atomic E-state index is 0.0626. The highest BCUT2D eigenvalue weighted by Crippen LogP contribution is 2.35. The van der Waals surface area contributed by atoms with E-state index in [1.807, 2.05) is 19.9 Å². The summed E-state index contributed by atoms with van der Waals surface area (Å²) < 4.78 is 41.0. The highest BCUT2D eigenvalue weighted by molar-refractivity contribution is 5.62. The summed E-state index contributed by atoms with van der Waals surface area (Å²) in [5.41, 5.74) is 1.44. The lowest BCUT2D eigenvalue weighted by Gasteiger charge is -2.14. The summed E-state index contributed by atoms with van der Waals surface area (Å²) in [4.78, 5) is 8.63. The number of alkyl halides is 3. The van der Waals surface area contributed by atoms with E-state index < -0.39 is 11.7 Å². The molecule has 8 heteroatoms. The van der Waals surface area contributed by atoms with Gasteiger partial charge in [-0.3, -0.25) is 0 Å². The molecule has 1 N–H and O–H groups in total. The first-order valence-electron chi connectivity index (χ1n) is 7.56. The molecule has 130 valence electrons. The standard InChI is InChI=1S/C17H16F3N5/c1-10-9-15(22-14-7-5-4-6-13(14)17(18,19)20)23-16(21-10)25-12(3)8-11(2)24-25/h4-9H,1-3H3,(H,21,22,23). The van der Waals surface area contributed by atoms with Crippen molar-refractivity contribution in [2.45, 2.75) is 26.9 Å². The summed E-state index contributed by atoms with van der Waals surface area (Å²) in [5, 5.41) is 7.05. The van der Waals surface area contributed by atoms with Crippen molar-refractivity contribution in [2.24, 2.45) is 0 Å². The van der Waals surface area contributed by atoms with Crippen LogP contribution in [0.15, 0.2) is 36.4 Å². The second-order valence-corrected chi connectivity index (χ2v) is 5.70. The molecule has 0 radical (unpaired) electrons. The molecule has 0 saturated heterocycles. The fraction of sp³-hybridized carbons (Fsp3) is 0.235. The van der Waals surface area contributed by atoms with Crippen LogP contribution in [0.3, 0.4) is 0 Å². The molecule has 1 aromatic carbocycles. The van der Waals surface area contributed by atoms with Gasteiger partial charge in [0.15, 0.2) is 0 Å². The third kappa shape index (κ3) is 3.62. The Morgan fingerprint density at radius 3 is 2.32 bits per heavy atom. The van der Waals surface area contributed by atoms with Crippen molar-refractivity contribution >= 4 is 11.5 Å². The number of halogens is 3. The Labute approximate surface area is 142 Å². The highest BCUT2D eigenvalue weighted by Gasteiger charge is 2.33. The fourth-order valence-corrected chi connectivity index (χ4v) is 2.52. The average molecular weight is 347 g/mol. The van der Waals surface area contributed by atoms with Gasteiger partial charge in [0.05, 0.1) is 16.9 Å². The fourth-order valence-electron chi connectivity index (χ4n) is 2.52. The second-order valence-electron chi connectivity index (χ2n) is 5.70. The van der Waals surface area contributed by atoms with Crippen molar-refractivity contribution in [2.75, 3.05) is 5.32 Å². The predicted molar refractivity (Wildman–Crippen MR) is 88.1 cm³/mol. The Kier molecular flexibility index (Phi) is 4.20. The van der Waals surface area contributed by atoms with Gasteiger partial charge in [-0.05, 0) is 39.0 Å². The third-order valence-corrected chi connectivity index (χ3v) is 3.54. The average Bonchev–Trinajstić information content (AvgIpc) is 2.85. The van der Waals surface area contributed by atoms with Crippen LogP contribution in [0.1, 0.15) is 22.6 Å². The SMILES string of the molecule is Cc1cc(Nc2ccccc2C(F)(F)F)nc(-n2nc(C)cc2C)n1. The van der Waals surface area contributed by atoms with Gasteiger partial charge in [-0.15, -0.1) is 0 Å². The summed E-state index contributed by atoms with van der Waals surface area (Å²) in [7, 11) is 0. The lowest BCUT2D eigenvalue weighted by atomic mass is 10.1. The molecule has 0 atom stereocenters. The molecule has 2 heterocycles. The van der Waals surface area contributed by atoms with E-state index in [1.54, 1.807) is 17.7 Å². The monoisotopic (exact) mass is 347 g/mol. The maximum Gasteiger partial charge on any atom is 0.418 e. The molecule has 3 aromatic rings. The smallest absolute Gasteiger partial charge is 0.340 e. The summed E-state index contributed by atoms with van der Waals surface area (Å²) in [6.07, 6.45) is -4.45. The number of benzene rings is 1. The van der Waals surface area contributed by atoms with Gasteiger partial charge < -0.3 is 5.32 Å². The van der Waals surface area contributed by atoms with Gasteiger partial charge >= 0.3 is 6.18 Å². The van der Waals surface area contributed by atoms with E-state index in [2.05, 4.69) is 20.4 Å². The van der Waals surface area contributed by atoms with Gasteiger partial charge in [-0.2, -0.15) is 23.3 Å². The van der Waals surface area contributed by atoms with Crippen molar-refractivity contribution in [3.05, 3.63) is 59.0 Å². The minimum Gasteiger partial charge on any atom is -0.340 e. The molecule has 0 bridgehead atoms. The first kappa shape index (κ1) is 16.9. The molecular formula is C17H16F3N5. The molecule has 0 aliphatic carbocycles. The lowest BCUT2D eigenvalue weighted by Crippen LogP contribution is -2.11. The van der Waals surface area contributed by atoms with Crippen LogP contribution in [0, 0.1) is 20.8 Å². The molecular weight excluding hydrogens is 331 g/mol. The summed E-state index contributed by atoms with van der Waals surface area (Å²) >= 11 is 0. The van der Waals surface area contributed by atoms with Crippen molar-refractivity contribution in [3.8, 4) is 5.95 Å². The Morgan fingerprint density at radius 2 is 1.68 bits per heavy atom. The normalized spacial score (nSPS) is 11.6. The summed E-state index contributed by atoms with van der Waals surface area (Å²) in [6, 6.07) is 8.73. The van der Waals surface area contributed by atoms with Gasteiger partial charge in [0.2, 0.25) is 0 Å². The maximum absolute atomic E-state index is 13.1. The number of hydrogen-bond acceptors (Lipinski definition) is 4. The molecule has 2 aromatic heterocycles. The van der Waals surface area contributed by atoms with Crippen LogP contribution in [0.25, 0.3) is 5.95 Å². The molecule has 0 spiro atoms. The highest BCUT2D eigenvalue weighted by atomic mass is 19.4. The number of aromatic nitrogens is 4. The van der Waals surface area contributed by atoms with E-state index in [-0.39, 0.29) is 11.5 Å². The van der Waals surface area contributed by atoms with Crippen molar-refractivity contribution < 1.29 is 13.2 Å². The zero-order chi connectivity index (χ0) is 18.2. The van der Waals surface area contributed by atoms with Crippen LogP contribution in [0.2, 0.25) is 0 Å². The van der Waals surface area contributed by atoms with Crippen LogP contribution in [0.5, 0.6) is 0 Å². The Morgan fingerprint density at radius 1 is 0.960 bits per heavy atom. The lowest BCUT2D eigenvalue weighted by molar-refractivity contribution is -0.136. The molecule has 0 fully saturated rings. The van der Waals surface area contributed by atoms with Gasteiger partial charge in [-0.1, -0.05) is 12.1 Å². The first-order valence-corrected chi connectivity index (χ1v) is 7.56. The van der Waals surface area contributed by atoms with E-state index in [4.69, 9.17) is 0 Å². The van der Waals surface area contributed by atoms with E-state index in [1.165, 1.54) is 18.2 Å². The largest absolute Gasteiger partial charge is 0.418 e. The van der Waals surface area contributed by atoms with Crippen LogP contribution >= 0.6 is 0 Å². The number of nitrogens with zero attached hydrogens (tertiary/aromatic N) is 4. The van der Waals surface area contributed by atoms with Gasteiger partial charge in [0.1, 0.15) is 5.82 Å². The van der Waals surface area contributed by atoms with Crippen LogP contribution in [0.4, 0.5) is 24.7 Å². The van der Waals surface area contributed by atoms with Gasteiger partial charge in [0, 0.05) is 17.5 Å². The Hall–Kier alpha value is -2.90. The van der Waals surface area contributed by atoms with Gasteiger partial charge in [-0.25, -0.2) is 9.67 Å². The zero-order valence-corrected chi connectivity index (χ0v) is 13.9. The number of hydrogen-bond donors (Lipinski definition) is 1. The number of anilines is 2. The molecule has 3 rings (SSSR count). The topological polar surface area (TPSA) is 55.6 Å². The number of aryl methyl sites for hydroxylation is 3. The molecule has 5 nitrogen and oxygen atoms in total.